The first-order chi connectivity index (χ1) is 16.9. The minimum atomic E-state index is -0.485. The molecule has 0 unspecified atom stereocenters. The summed E-state index contributed by atoms with van der Waals surface area (Å²) in [6.07, 6.45) is 2.93. The molecule has 0 fully saturated rings. The fraction of sp³-hybridized carbons (Fsp3) is 0.130. The van der Waals surface area contributed by atoms with Crippen LogP contribution in [0.4, 0.5) is 10.8 Å². The second kappa shape index (κ2) is 10.5. The van der Waals surface area contributed by atoms with E-state index in [0.29, 0.717) is 34.0 Å². The van der Waals surface area contributed by atoms with Crippen LogP contribution in [0.3, 0.4) is 0 Å². The van der Waals surface area contributed by atoms with Crippen LogP contribution in [0.5, 0.6) is 11.5 Å². The lowest BCUT2D eigenvalue weighted by Gasteiger charge is -2.13. The molecule has 0 bridgehead atoms. The molecule has 0 saturated heterocycles. The SMILES string of the molecule is COc1ccc(NC(=O)c2nnc(NC(=O)c3cnc(C)cc3-c3cc(Cl)ncc3OC)s2)cc1. The van der Waals surface area contributed by atoms with Gasteiger partial charge < -0.3 is 14.8 Å². The minimum absolute atomic E-state index is 0.0842. The van der Waals surface area contributed by atoms with Crippen LogP contribution < -0.4 is 20.1 Å². The molecule has 4 aromatic rings. The summed E-state index contributed by atoms with van der Waals surface area (Å²) in [6, 6.07) is 10.2. The third kappa shape index (κ3) is 5.53. The van der Waals surface area contributed by atoms with Crippen LogP contribution in [0.1, 0.15) is 25.9 Å². The zero-order valence-electron chi connectivity index (χ0n) is 18.8. The van der Waals surface area contributed by atoms with Gasteiger partial charge in [-0.1, -0.05) is 22.9 Å². The number of carbonyl (C=O) groups is 2. The molecule has 0 atom stereocenters. The smallest absolute Gasteiger partial charge is 0.286 e. The van der Waals surface area contributed by atoms with Crippen molar-refractivity contribution >= 4 is 45.6 Å². The van der Waals surface area contributed by atoms with Crippen molar-refractivity contribution in [2.45, 2.75) is 6.92 Å². The molecule has 0 saturated carbocycles. The number of amides is 2. The van der Waals surface area contributed by atoms with Crippen LogP contribution in [0, 0.1) is 6.92 Å². The lowest BCUT2D eigenvalue weighted by molar-refractivity contribution is 0.101. The average molecular weight is 511 g/mol. The number of carbonyl (C=O) groups excluding carboxylic acids is 2. The van der Waals surface area contributed by atoms with Gasteiger partial charge >= 0.3 is 0 Å². The lowest BCUT2D eigenvalue weighted by Crippen LogP contribution is -2.14. The Hall–Kier alpha value is -4.09. The zero-order valence-corrected chi connectivity index (χ0v) is 20.4. The van der Waals surface area contributed by atoms with Crippen LogP contribution in [-0.4, -0.2) is 46.2 Å². The van der Waals surface area contributed by atoms with Gasteiger partial charge in [-0.2, -0.15) is 0 Å². The van der Waals surface area contributed by atoms with Crippen LogP contribution >= 0.6 is 22.9 Å². The number of methoxy groups -OCH3 is 2. The van der Waals surface area contributed by atoms with Gasteiger partial charge in [0.05, 0.1) is 26.0 Å². The molecule has 0 aliphatic carbocycles. The first-order valence-corrected chi connectivity index (χ1v) is 11.3. The van der Waals surface area contributed by atoms with Crippen LogP contribution in [0.2, 0.25) is 5.15 Å². The first kappa shape index (κ1) is 24.0. The van der Waals surface area contributed by atoms with Crippen molar-refractivity contribution in [3.05, 3.63) is 70.2 Å². The van der Waals surface area contributed by atoms with E-state index in [2.05, 4.69) is 30.8 Å². The van der Waals surface area contributed by atoms with Crippen molar-refractivity contribution in [1.82, 2.24) is 20.2 Å². The minimum Gasteiger partial charge on any atom is -0.497 e. The number of halogens is 1. The molecule has 178 valence electrons. The zero-order chi connectivity index (χ0) is 24.9. The summed E-state index contributed by atoms with van der Waals surface area (Å²) >= 11 is 7.03. The molecule has 3 aromatic heterocycles. The summed E-state index contributed by atoms with van der Waals surface area (Å²) < 4.78 is 10.5. The van der Waals surface area contributed by atoms with E-state index in [1.807, 2.05) is 0 Å². The molecule has 10 nitrogen and oxygen atoms in total. The number of hydrogen-bond acceptors (Lipinski definition) is 9. The Bertz CT molecular complexity index is 1390. The number of pyridine rings is 2. The third-order valence-corrected chi connectivity index (χ3v) is 5.86. The second-order valence-electron chi connectivity index (χ2n) is 7.13. The third-order valence-electron chi connectivity index (χ3n) is 4.82. The summed E-state index contributed by atoms with van der Waals surface area (Å²) in [4.78, 5) is 33.9. The van der Waals surface area contributed by atoms with Crippen molar-refractivity contribution < 1.29 is 19.1 Å². The Labute approximate surface area is 209 Å². The predicted octanol–water partition coefficient (Wildman–Crippen LogP) is 4.48. The molecule has 0 aliphatic rings. The summed E-state index contributed by atoms with van der Waals surface area (Å²) in [6.45, 7) is 1.80. The van der Waals surface area contributed by atoms with Crippen molar-refractivity contribution in [2.75, 3.05) is 24.9 Å². The summed E-state index contributed by atoms with van der Waals surface area (Å²) in [7, 11) is 3.06. The molecule has 2 N–H and O–H groups in total. The van der Waals surface area contributed by atoms with Crippen LogP contribution in [-0.2, 0) is 0 Å². The number of nitrogens with zero attached hydrogens (tertiary/aromatic N) is 4. The Morgan fingerprint density at radius 3 is 2.40 bits per heavy atom. The number of nitrogens with one attached hydrogen (secondary N) is 2. The molecule has 12 heteroatoms. The fourth-order valence-corrected chi connectivity index (χ4v) is 3.93. The maximum atomic E-state index is 13.1. The first-order valence-electron chi connectivity index (χ1n) is 10.1. The van der Waals surface area contributed by atoms with E-state index in [1.165, 1.54) is 19.5 Å². The Morgan fingerprint density at radius 2 is 1.69 bits per heavy atom. The molecular formula is C23H19ClN6O4S. The number of anilines is 2. The summed E-state index contributed by atoms with van der Waals surface area (Å²) in [5.41, 5.74) is 2.66. The highest BCUT2D eigenvalue weighted by Crippen LogP contribution is 2.34. The predicted molar refractivity (Wildman–Crippen MR) is 133 cm³/mol. The molecule has 0 spiro atoms. The highest BCUT2D eigenvalue weighted by atomic mass is 35.5. The molecule has 35 heavy (non-hydrogen) atoms. The van der Waals surface area contributed by atoms with Crippen molar-refractivity contribution in [3.63, 3.8) is 0 Å². The summed E-state index contributed by atoms with van der Waals surface area (Å²) in [5.74, 6) is 0.172. The standard InChI is InChI=1S/C23H19ClN6O4S/c1-12-8-15(16-9-19(24)26-11-18(16)34-3)17(10-25-12)20(31)28-23-30-29-22(35-23)21(32)27-13-4-6-14(33-2)7-5-13/h4-11H,1-3H3,(H,27,32)(H,28,30,31). The Morgan fingerprint density at radius 1 is 0.914 bits per heavy atom. The highest BCUT2D eigenvalue weighted by Gasteiger charge is 2.20. The topological polar surface area (TPSA) is 128 Å². The van der Waals surface area contributed by atoms with Gasteiger partial charge in [0.15, 0.2) is 0 Å². The van der Waals surface area contributed by atoms with Crippen molar-refractivity contribution in [2.24, 2.45) is 0 Å². The van der Waals surface area contributed by atoms with Crippen LogP contribution in [0.25, 0.3) is 11.1 Å². The van der Waals surface area contributed by atoms with E-state index in [-0.39, 0.29) is 20.9 Å². The average Bonchev–Trinajstić information content (AvgIpc) is 3.33. The van der Waals surface area contributed by atoms with Gasteiger partial charge in [0.25, 0.3) is 11.8 Å². The van der Waals surface area contributed by atoms with Gasteiger partial charge in [-0.15, -0.1) is 10.2 Å². The molecular weight excluding hydrogens is 492 g/mol. The van der Waals surface area contributed by atoms with Crippen molar-refractivity contribution in [1.29, 1.82) is 0 Å². The lowest BCUT2D eigenvalue weighted by atomic mass is 10.0. The van der Waals surface area contributed by atoms with Gasteiger partial charge in [0.1, 0.15) is 16.7 Å². The Balaban J connectivity index is 1.54. The largest absolute Gasteiger partial charge is 0.497 e. The van der Waals surface area contributed by atoms with Gasteiger partial charge in [-0.05, 0) is 43.3 Å². The number of ether oxygens (including phenoxy) is 2. The van der Waals surface area contributed by atoms with Crippen LogP contribution in [0.15, 0.2) is 48.8 Å². The van der Waals surface area contributed by atoms with Gasteiger partial charge in [0, 0.05) is 28.7 Å². The molecule has 3 heterocycles. The Kier molecular flexibility index (Phi) is 7.18. The quantitative estimate of drug-likeness (QED) is 0.348. The van der Waals surface area contributed by atoms with E-state index in [4.69, 9.17) is 21.1 Å². The normalized spacial score (nSPS) is 10.5. The van der Waals surface area contributed by atoms with Gasteiger partial charge in [-0.3, -0.25) is 19.9 Å². The second-order valence-corrected chi connectivity index (χ2v) is 8.49. The fourth-order valence-electron chi connectivity index (χ4n) is 3.14. The number of rotatable bonds is 7. The van der Waals surface area contributed by atoms with E-state index < -0.39 is 11.8 Å². The number of benzene rings is 1. The maximum absolute atomic E-state index is 13.1. The van der Waals surface area contributed by atoms with E-state index >= 15 is 0 Å². The summed E-state index contributed by atoms with van der Waals surface area (Å²) in [5, 5.41) is 13.7. The van der Waals surface area contributed by atoms with E-state index in [0.717, 1.165) is 11.3 Å². The number of aromatic nitrogens is 4. The monoisotopic (exact) mass is 510 g/mol. The molecule has 4 rings (SSSR count). The maximum Gasteiger partial charge on any atom is 0.286 e. The molecule has 0 radical (unpaired) electrons. The molecule has 0 aliphatic heterocycles. The van der Waals surface area contributed by atoms with E-state index in [1.54, 1.807) is 50.4 Å². The molecule has 1 aromatic carbocycles. The van der Waals surface area contributed by atoms with Gasteiger partial charge in [0.2, 0.25) is 10.1 Å². The number of hydrogen-bond donors (Lipinski definition) is 2. The molecule has 2 amide bonds. The number of aryl methyl sites for hydroxylation is 1. The van der Waals surface area contributed by atoms with Crippen molar-refractivity contribution in [3.8, 4) is 22.6 Å². The highest BCUT2D eigenvalue weighted by molar-refractivity contribution is 7.17. The van der Waals surface area contributed by atoms with Gasteiger partial charge in [-0.25, -0.2) is 4.98 Å². The van der Waals surface area contributed by atoms with E-state index in [9.17, 15) is 9.59 Å².